The first kappa shape index (κ1) is 18.9. The second-order valence-corrected chi connectivity index (χ2v) is 5.42. The molecule has 0 radical (unpaired) electrons. The van der Waals surface area contributed by atoms with Gasteiger partial charge in [-0.3, -0.25) is 19.2 Å². The topological polar surface area (TPSA) is 115 Å². The maximum Gasteiger partial charge on any atom is 0.326 e. The molecule has 0 saturated carbocycles. The number of ether oxygens (including phenoxy) is 1. The van der Waals surface area contributed by atoms with Gasteiger partial charge in [0.1, 0.15) is 6.54 Å². The summed E-state index contributed by atoms with van der Waals surface area (Å²) in [6.07, 6.45) is 0.254. The standard InChI is InChI=1S/C18H18N2O6/c1-11(21)13-5-3-6-14(9-13)20-17(23)12(2)26-16(22)10-19-18(24)15-7-4-8-25-15/h3-9,12H,10H2,1-2H3,(H,19,24)(H,20,23). The van der Waals surface area contributed by atoms with E-state index >= 15 is 0 Å². The van der Waals surface area contributed by atoms with E-state index in [0.717, 1.165) is 0 Å². The number of hydrogen-bond donors (Lipinski definition) is 2. The highest BCUT2D eigenvalue weighted by atomic mass is 16.5. The Labute approximate surface area is 149 Å². The normalized spacial score (nSPS) is 11.3. The Morgan fingerprint density at radius 1 is 1.15 bits per heavy atom. The molecule has 0 aliphatic carbocycles. The van der Waals surface area contributed by atoms with Crippen molar-refractivity contribution in [2.24, 2.45) is 0 Å². The number of Topliss-reactive ketones (excluding diaryl/α,β-unsaturated/α-hetero) is 1. The molecule has 1 aromatic carbocycles. The zero-order valence-corrected chi connectivity index (χ0v) is 14.3. The fourth-order valence-electron chi connectivity index (χ4n) is 2.00. The van der Waals surface area contributed by atoms with E-state index in [9.17, 15) is 19.2 Å². The number of anilines is 1. The van der Waals surface area contributed by atoms with Crippen molar-refractivity contribution < 1.29 is 28.3 Å². The first-order valence-corrected chi connectivity index (χ1v) is 7.80. The van der Waals surface area contributed by atoms with Crippen LogP contribution < -0.4 is 10.6 Å². The summed E-state index contributed by atoms with van der Waals surface area (Å²) >= 11 is 0. The highest BCUT2D eigenvalue weighted by molar-refractivity contribution is 5.99. The molecule has 0 aliphatic rings. The fraction of sp³-hybridized carbons (Fsp3) is 0.222. The molecule has 2 rings (SSSR count). The Morgan fingerprint density at radius 2 is 1.92 bits per heavy atom. The number of amides is 2. The zero-order valence-electron chi connectivity index (χ0n) is 14.3. The summed E-state index contributed by atoms with van der Waals surface area (Å²) in [5, 5.41) is 4.88. The first-order chi connectivity index (χ1) is 12.4. The van der Waals surface area contributed by atoms with Gasteiger partial charge in [-0.25, -0.2) is 0 Å². The van der Waals surface area contributed by atoms with Gasteiger partial charge in [0.2, 0.25) is 0 Å². The number of furan rings is 1. The smallest absolute Gasteiger partial charge is 0.326 e. The number of nitrogens with one attached hydrogen (secondary N) is 2. The number of esters is 1. The molecule has 2 aromatic rings. The van der Waals surface area contributed by atoms with Gasteiger partial charge in [0.05, 0.1) is 6.26 Å². The van der Waals surface area contributed by atoms with Crippen LogP contribution in [0.2, 0.25) is 0 Å². The van der Waals surface area contributed by atoms with Crippen molar-refractivity contribution in [1.82, 2.24) is 5.32 Å². The predicted octanol–water partition coefficient (Wildman–Crippen LogP) is 1.78. The molecular formula is C18H18N2O6. The largest absolute Gasteiger partial charge is 0.459 e. The second-order valence-electron chi connectivity index (χ2n) is 5.42. The third kappa shape index (κ3) is 5.30. The van der Waals surface area contributed by atoms with E-state index in [-0.39, 0.29) is 11.5 Å². The maximum atomic E-state index is 12.1. The Kier molecular flexibility index (Phi) is 6.26. The summed E-state index contributed by atoms with van der Waals surface area (Å²) in [7, 11) is 0. The van der Waals surface area contributed by atoms with E-state index in [2.05, 4.69) is 10.6 Å². The molecule has 0 bridgehead atoms. The van der Waals surface area contributed by atoms with Crippen molar-refractivity contribution in [3.8, 4) is 0 Å². The van der Waals surface area contributed by atoms with Crippen molar-refractivity contribution in [2.75, 3.05) is 11.9 Å². The van der Waals surface area contributed by atoms with Gasteiger partial charge in [-0.15, -0.1) is 0 Å². The molecule has 26 heavy (non-hydrogen) atoms. The maximum absolute atomic E-state index is 12.1. The lowest BCUT2D eigenvalue weighted by molar-refractivity contribution is -0.152. The van der Waals surface area contributed by atoms with Crippen molar-refractivity contribution >= 4 is 29.3 Å². The molecule has 8 nitrogen and oxygen atoms in total. The van der Waals surface area contributed by atoms with E-state index in [1.54, 1.807) is 24.3 Å². The summed E-state index contributed by atoms with van der Waals surface area (Å²) in [5.41, 5.74) is 0.866. The second kappa shape index (κ2) is 8.61. The van der Waals surface area contributed by atoms with E-state index in [1.165, 1.54) is 32.2 Å². The molecule has 136 valence electrons. The summed E-state index contributed by atoms with van der Waals surface area (Å²) < 4.78 is 9.85. The fourth-order valence-corrected chi connectivity index (χ4v) is 2.00. The molecule has 1 atom stereocenters. The Bertz CT molecular complexity index is 813. The highest BCUT2D eigenvalue weighted by Gasteiger charge is 2.19. The van der Waals surface area contributed by atoms with Gasteiger partial charge in [0, 0.05) is 11.3 Å². The van der Waals surface area contributed by atoms with Crippen molar-refractivity contribution in [2.45, 2.75) is 20.0 Å². The lowest BCUT2D eigenvalue weighted by Gasteiger charge is -2.14. The zero-order chi connectivity index (χ0) is 19.1. The SMILES string of the molecule is CC(=O)c1cccc(NC(=O)C(C)OC(=O)CNC(=O)c2ccco2)c1. The lowest BCUT2D eigenvalue weighted by atomic mass is 10.1. The first-order valence-electron chi connectivity index (χ1n) is 7.80. The van der Waals surface area contributed by atoms with Crippen LogP contribution in [0.4, 0.5) is 5.69 Å². The van der Waals surface area contributed by atoms with Crippen LogP contribution in [-0.2, 0) is 14.3 Å². The molecule has 1 heterocycles. The van der Waals surface area contributed by atoms with Crippen LogP contribution in [0.1, 0.15) is 34.8 Å². The summed E-state index contributed by atoms with van der Waals surface area (Å²) in [5.74, 6) is -1.96. The third-order valence-electron chi connectivity index (χ3n) is 3.35. The van der Waals surface area contributed by atoms with E-state index in [4.69, 9.17) is 9.15 Å². The van der Waals surface area contributed by atoms with Crippen LogP contribution in [-0.4, -0.2) is 36.2 Å². The van der Waals surface area contributed by atoms with Gasteiger partial charge in [0.15, 0.2) is 17.6 Å². The van der Waals surface area contributed by atoms with Crippen LogP contribution in [0.25, 0.3) is 0 Å². The van der Waals surface area contributed by atoms with Crippen LogP contribution in [0.3, 0.4) is 0 Å². The van der Waals surface area contributed by atoms with Crippen molar-refractivity contribution in [1.29, 1.82) is 0 Å². The minimum Gasteiger partial charge on any atom is -0.459 e. The van der Waals surface area contributed by atoms with Crippen LogP contribution in [0.15, 0.2) is 47.1 Å². The van der Waals surface area contributed by atoms with E-state index in [0.29, 0.717) is 11.3 Å². The molecule has 0 fully saturated rings. The van der Waals surface area contributed by atoms with Crippen molar-refractivity contribution in [3.63, 3.8) is 0 Å². The number of benzene rings is 1. The lowest BCUT2D eigenvalue weighted by Crippen LogP contribution is -2.35. The molecule has 0 aliphatic heterocycles. The third-order valence-corrected chi connectivity index (χ3v) is 3.35. The molecule has 2 amide bonds. The minimum absolute atomic E-state index is 0.0638. The Balaban J connectivity index is 1.82. The number of carbonyl (C=O) groups is 4. The number of carbonyl (C=O) groups excluding carboxylic acids is 4. The highest BCUT2D eigenvalue weighted by Crippen LogP contribution is 2.12. The molecule has 0 saturated heterocycles. The van der Waals surface area contributed by atoms with Gasteiger partial charge in [-0.2, -0.15) is 0 Å². The molecule has 1 aromatic heterocycles. The number of ketones is 1. The van der Waals surface area contributed by atoms with Gasteiger partial charge in [-0.1, -0.05) is 12.1 Å². The van der Waals surface area contributed by atoms with Crippen LogP contribution in [0.5, 0.6) is 0 Å². The average molecular weight is 358 g/mol. The molecule has 1 unspecified atom stereocenters. The Morgan fingerprint density at radius 3 is 2.58 bits per heavy atom. The average Bonchev–Trinajstić information content (AvgIpc) is 3.14. The molecule has 8 heteroatoms. The van der Waals surface area contributed by atoms with Crippen molar-refractivity contribution in [3.05, 3.63) is 54.0 Å². The van der Waals surface area contributed by atoms with Gasteiger partial charge >= 0.3 is 5.97 Å². The monoisotopic (exact) mass is 358 g/mol. The minimum atomic E-state index is -1.08. The molecular weight excluding hydrogens is 340 g/mol. The van der Waals surface area contributed by atoms with Crippen LogP contribution in [0, 0.1) is 0 Å². The van der Waals surface area contributed by atoms with Gasteiger partial charge < -0.3 is 19.8 Å². The summed E-state index contributed by atoms with van der Waals surface area (Å²) in [4.78, 5) is 46.8. The quantitative estimate of drug-likeness (QED) is 0.576. The van der Waals surface area contributed by atoms with Crippen LogP contribution >= 0.6 is 0 Å². The summed E-state index contributed by atoms with van der Waals surface area (Å²) in [6.45, 7) is 2.41. The molecule has 0 spiro atoms. The number of rotatable bonds is 7. The predicted molar refractivity (Wildman–Crippen MR) is 91.7 cm³/mol. The van der Waals surface area contributed by atoms with Gasteiger partial charge in [0.25, 0.3) is 11.8 Å². The van der Waals surface area contributed by atoms with E-state index in [1.807, 2.05) is 0 Å². The van der Waals surface area contributed by atoms with Gasteiger partial charge in [-0.05, 0) is 38.1 Å². The van der Waals surface area contributed by atoms with E-state index < -0.39 is 30.4 Å². The Hall–Kier alpha value is -3.42. The molecule has 2 N–H and O–H groups in total. The number of hydrogen-bond acceptors (Lipinski definition) is 6. The summed E-state index contributed by atoms with van der Waals surface area (Å²) in [6, 6.07) is 9.39.